The molecule has 1 aliphatic heterocycles. The van der Waals surface area contributed by atoms with Gasteiger partial charge in [0.05, 0.1) is 18.6 Å². The molecule has 1 saturated heterocycles. The van der Waals surface area contributed by atoms with Crippen molar-refractivity contribution < 1.29 is 19.1 Å². The van der Waals surface area contributed by atoms with Gasteiger partial charge in [0.15, 0.2) is 11.5 Å². The zero-order chi connectivity index (χ0) is 24.2. The van der Waals surface area contributed by atoms with E-state index in [2.05, 4.69) is 15.9 Å². The topological polar surface area (TPSA) is 55.8 Å². The van der Waals surface area contributed by atoms with Crippen LogP contribution >= 0.6 is 50.9 Å². The van der Waals surface area contributed by atoms with Crippen LogP contribution < -0.4 is 9.47 Å². The van der Waals surface area contributed by atoms with Crippen molar-refractivity contribution >= 4 is 68.1 Å². The minimum Gasteiger partial charge on any atom is -0.493 e. The summed E-state index contributed by atoms with van der Waals surface area (Å²) < 4.78 is 12.3. The zero-order valence-electron chi connectivity index (χ0n) is 17.9. The van der Waals surface area contributed by atoms with E-state index in [1.54, 1.807) is 42.5 Å². The normalized spacial score (nSPS) is 14.7. The van der Waals surface area contributed by atoms with Gasteiger partial charge in [0.25, 0.3) is 11.1 Å². The number of ether oxygens (including phenoxy) is 2. The maximum atomic E-state index is 12.9. The molecular weight excluding hydrogens is 561 g/mol. The first-order valence-electron chi connectivity index (χ1n) is 10.1. The maximum absolute atomic E-state index is 12.9. The Bertz CT molecular complexity index is 1260. The van der Waals surface area contributed by atoms with Crippen LogP contribution in [0.1, 0.15) is 16.7 Å². The second-order valence-electron chi connectivity index (χ2n) is 7.29. The van der Waals surface area contributed by atoms with Gasteiger partial charge in [0, 0.05) is 20.1 Å². The van der Waals surface area contributed by atoms with Crippen molar-refractivity contribution in [2.75, 3.05) is 7.11 Å². The van der Waals surface area contributed by atoms with Gasteiger partial charge in [-0.25, -0.2) is 0 Å². The number of hydrogen-bond acceptors (Lipinski definition) is 5. The molecule has 2 amide bonds. The van der Waals surface area contributed by atoms with Crippen molar-refractivity contribution in [2.24, 2.45) is 0 Å². The van der Waals surface area contributed by atoms with Crippen molar-refractivity contribution in [3.8, 4) is 11.5 Å². The first-order chi connectivity index (χ1) is 16.4. The van der Waals surface area contributed by atoms with E-state index in [1.807, 2.05) is 24.3 Å². The molecule has 0 unspecified atom stereocenters. The van der Waals surface area contributed by atoms with Crippen LogP contribution in [0.2, 0.25) is 10.0 Å². The van der Waals surface area contributed by atoms with E-state index in [9.17, 15) is 9.59 Å². The molecular formula is C25H18BrCl2NO4S. The van der Waals surface area contributed by atoms with E-state index in [1.165, 1.54) is 12.0 Å². The van der Waals surface area contributed by atoms with Gasteiger partial charge in [-0.2, -0.15) is 0 Å². The summed E-state index contributed by atoms with van der Waals surface area (Å²) in [5, 5.41) is 0.728. The molecule has 0 aromatic heterocycles. The van der Waals surface area contributed by atoms with Crippen LogP contribution in [0, 0.1) is 0 Å². The van der Waals surface area contributed by atoms with Crippen LogP contribution in [-0.4, -0.2) is 23.2 Å². The molecule has 3 aromatic rings. The summed E-state index contributed by atoms with van der Waals surface area (Å²) in [6.45, 7) is 0.388. The summed E-state index contributed by atoms with van der Waals surface area (Å²) in [6.07, 6.45) is 1.67. The minimum absolute atomic E-state index is 0.170. The van der Waals surface area contributed by atoms with Crippen LogP contribution in [0.3, 0.4) is 0 Å². The van der Waals surface area contributed by atoms with Gasteiger partial charge >= 0.3 is 0 Å². The molecule has 3 aromatic carbocycles. The first kappa shape index (κ1) is 24.7. The molecule has 5 nitrogen and oxygen atoms in total. The van der Waals surface area contributed by atoms with E-state index in [-0.39, 0.29) is 24.3 Å². The number of methoxy groups -OCH3 is 1. The van der Waals surface area contributed by atoms with Crippen molar-refractivity contribution in [1.29, 1.82) is 0 Å². The zero-order valence-corrected chi connectivity index (χ0v) is 21.8. The Kier molecular flexibility index (Phi) is 7.88. The minimum atomic E-state index is -0.328. The second kappa shape index (κ2) is 10.9. The quantitative estimate of drug-likeness (QED) is 0.270. The lowest BCUT2D eigenvalue weighted by atomic mass is 10.1. The van der Waals surface area contributed by atoms with E-state index in [0.29, 0.717) is 37.6 Å². The Morgan fingerprint density at radius 2 is 1.71 bits per heavy atom. The Morgan fingerprint density at radius 1 is 1.00 bits per heavy atom. The summed E-state index contributed by atoms with van der Waals surface area (Å²) in [5.74, 6) is 0.649. The largest absolute Gasteiger partial charge is 0.493 e. The molecule has 1 fully saturated rings. The number of rotatable bonds is 7. The lowest BCUT2D eigenvalue weighted by Gasteiger charge is -2.13. The highest BCUT2D eigenvalue weighted by Gasteiger charge is 2.35. The molecule has 4 rings (SSSR count). The second-order valence-corrected chi connectivity index (χ2v) is 10.0. The number of carbonyl (C=O) groups excluding carboxylic acids is 2. The summed E-state index contributed by atoms with van der Waals surface area (Å²) in [4.78, 5) is 26.9. The average molecular weight is 579 g/mol. The molecule has 0 bridgehead atoms. The highest BCUT2D eigenvalue weighted by Crippen LogP contribution is 2.36. The summed E-state index contributed by atoms with van der Waals surface area (Å²) in [7, 11) is 1.53. The Morgan fingerprint density at radius 3 is 2.38 bits per heavy atom. The molecule has 0 spiro atoms. The lowest BCUT2D eigenvalue weighted by Crippen LogP contribution is -2.27. The third-order valence-corrected chi connectivity index (χ3v) is 7.19. The van der Waals surface area contributed by atoms with Gasteiger partial charge in [-0.15, -0.1) is 0 Å². The molecule has 0 N–H and O–H groups in total. The number of hydrogen-bond donors (Lipinski definition) is 0. The number of nitrogens with zero attached hydrogens (tertiary/aromatic N) is 1. The predicted octanol–water partition coefficient (Wildman–Crippen LogP) is 7.58. The molecule has 0 atom stereocenters. The Hall–Kier alpha value is -2.45. The van der Waals surface area contributed by atoms with Crippen LogP contribution in [-0.2, 0) is 17.9 Å². The average Bonchev–Trinajstić information content (AvgIpc) is 3.08. The van der Waals surface area contributed by atoms with Crippen LogP contribution in [0.5, 0.6) is 11.5 Å². The van der Waals surface area contributed by atoms with Gasteiger partial charge in [-0.3, -0.25) is 14.5 Å². The predicted molar refractivity (Wildman–Crippen MR) is 139 cm³/mol. The van der Waals surface area contributed by atoms with E-state index < -0.39 is 0 Å². The third-order valence-electron chi connectivity index (χ3n) is 5.05. The number of halogens is 3. The fourth-order valence-corrected chi connectivity index (χ4v) is 4.88. The van der Waals surface area contributed by atoms with Crippen molar-refractivity contribution in [2.45, 2.75) is 13.2 Å². The Labute approximate surface area is 219 Å². The number of amides is 2. The summed E-state index contributed by atoms with van der Waals surface area (Å²) >= 11 is 16.7. The van der Waals surface area contributed by atoms with Gasteiger partial charge in [-0.1, -0.05) is 63.4 Å². The fourth-order valence-electron chi connectivity index (χ4n) is 3.27. The molecule has 0 aliphatic carbocycles. The molecule has 0 radical (unpaired) electrons. The molecule has 174 valence electrons. The Balaban J connectivity index is 1.50. The maximum Gasteiger partial charge on any atom is 0.293 e. The van der Waals surface area contributed by atoms with Crippen molar-refractivity contribution in [3.63, 3.8) is 0 Å². The number of thioether (sulfide) groups is 1. The van der Waals surface area contributed by atoms with Crippen LogP contribution in [0.25, 0.3) is 6.08 Å². The van der Waals surface area contributed by atoms with Crippen molar-refractivity contribution in [3.05, 3.63) is 96.8 Å². The third kappa shape index (κ3) is 5.61. The van der Waals surface area contributed by atoms with Crippen molar-refractivity contribution in [1.82, 2.24) is 4.90 Å². The molecule has 9 heteroatoms. The van der Waals surface area contributed by atoms with Gasteiger partial charge in [0.1, 0.15) is 6.61 Å². The molecule has 0 saturated carbocycles. The SMILES string of the molecule is COc1cc(/C=C2\SC(=O)N(Cc3ccc(Br)cc3)C2=O)ccc1OCc1c(Cl)cccc1Cl. The number of benzene rings is 3. The molecule has 1 heterocycles. The standard InChI is InChI=1S/C25H18BrCl2NO4S/c1-32-22-11-16(7-10-21(22)33-14-18-19(27)3-2-4-20(18)28)12-23-24(30)29(25(31)34-23)13-15-5-8-17(26)9-6-15/h2-12H,13-14H2,1H3/b23-12-. The number of imide groups is 1. The van der Waals surface area contributed by atoms with Gasteiger partial charge < -0.3 is 9.47 Å². The summed E-state index contributed by atoms with van der Waals surface area (Å²) in [6, 6.07) is 18.0. The summed E-state index contributed by atoms with van der Waals surface area (Å²) in [5.41, 5.74) is 2.25. The highest BCUT2D eigenvalue weighted by atomic mass is 79.9. The van der Waals surface area contributed by atoms with E-state index in [0.717, 1.165) is 21.8 Å². The van der Waals surface area contributed by atoms with Crippen LogP contribution in [0.4, 0.5) is 4.79 Å². The fraction of sp³-hybridized carbons (Fsp3) is 0.120. The van der Waals surface area contributed by atoms with E-state index in [4.69, 9.17) is 32.7 Å². The highest BCUT2D eigenvalue weighted by molar-refractivity contribution is 9.10. The van der Waals surface area contributed by atoms with Gasteiger partial charge in [-0.05, 0) is 65.4 Å². The monoisotopic (exact) mass is 577 g/mol. The molecule has 34 heavy (non-hydrogen) atoms. The molecule has 1 aliphatic rings. The first-order valence-corrected chi connectivity index (χ1v) is 12.5. The van der Waals surface area contributed by atoms with E-state index >= 15 is 0 Å². The van der Waals surface area contributed by atoms with Crippen LogP contribution in [0.15, 0.2) is 70.0 Å². The lowest BCUT2D eigenvalue weighted by molar-refractivity contribution is -0.123. The van der Waals surface area contributed by atoms with Gasteiger partial charge in [0.2, 0.25) is 0 Å². The smallest absolute Gasteiger partial charge is 0.293 e. The number of carbonyl (C=O) groups is 2.